The Kier molecular flexibility index (Phi) is 4.67. The Morgan fingerprint density at radius 3 is 2.08 bits per heavy atom. The van der Waals surface area contributed by atoms with Crippen molar-refractivity contribution in [3.05, 3.63) is 0 Å². The van der Waals surface area contributed by atoms with Gasteiger partial charge in [0.2, 0.25) is 0 Å². The molecule has 1 aliphatic carbocycles. The van der Waals surface area contributed by atoms with Gasteiger partial charge >= 0.3 is 0 Å². The van der Waals surface area contributed by atoms with Crippen LogP contribution in [0.3, 0.4) is 0 Å². The number of rotatable bonds is 2. The van der Waals surface area contributed by atoms with E-state index in [2.05, 4.69) is 6.92 Å². The molecule has 1 heteroatoms. The lowest BCUT2D eigenvalue weighted by Crippen LogP contribution is -2.20. The maximum absolute atomic E-state index is 5.81. The zero-order valence-corrected chi connectivity index (χ0v) is 8.39. The Morgan fingerprint density at radius 1 is 1.08 bits per heavy atom. The van der Waals surface area contributed by atoms with Crippen molar-refractivity contribution in [3.8, 4) is 0 Å². The van der Waals surface area contributed by atoms with Crippen LogP contribution < -0.4 is 5.73 Å². The predicted octanol–water partition coefficient (Wildman–Crippen LogP) is 3.08. The van der Waals surface area contributed by atoms with Gasteiger partial charge in [0.25, 0.3) is 0 Å². The van der Waals surface area contributed by atoms with Gasteiger partial charge in [0.15, 0.2) is 0 Å². The first-order valence-corrected chi connectivity index (χ1v) is 5.54. The highest BCUT2D eigenvalue weighted by Gasteiger charge is 2.12. The van der Waals surface area contributed by atoms with Crippen LogP contribution in [0.25, 0.3) is 0 Å². The Morgan fingerprint density at radius 2 is 1.58 bits per heavy atom. The SMILES string of the molecule is C[C@H](N)CC1CCCCCCC1. The van der Waals surface area contributed by atoms with E-state index in [0.717, 1.165) is 5.92 Å². The van der Waals surface area contributed by atoms with Crippen LogP contribution >= 0.6 is 0 Å². The highest BCUT2D eigenvalue weighted by atomic mass is 14.6. The minimum atomic E-state index is 0.412. The molecule has 0 aromatic heterocycles. The van der Waals surface area contributed by atoms with E-state index in [-0.39, 0.29) is 0 Å². The molecule has 0 aromatic carbocycles. The van der Waals surface area contributed by atoms with Crippen molar-refractivity contribution in [2.75, 3.05) is 0 Å². The second kappa shape index (κ2) is 5.58. The van der Waals surface area contributed by atoms with Crippen LogP contribution in [0.4, 0.5) is 0 Å². The topological polar surface area (TPSA) is 26.0 Å². The summed E-state index contributed by atoms with van der Waals surface area (Å²) in [5.74, 6) is 0.935. The number of nitrogens with two attached hydrogens (primary N) is 1. The average Bonchev–Trinajstić information content (AvgIpc) is 1.93. The van der Waals surface area contributed by atoms with Crippen LogP contribution in [0.2, 0.25) is 0 Å². The fourth-order valence-corrected chi connectivity index (χ4v) is 2.30. The molecule has 0 heterocycles. The van der Waals surface area contributed by atoms with Crippen molar-refractivity contribution in [2.24, 2.45) is 11.7 Å². The van der Waals surface area contributed by atoms with E-state index in [9.17, 15) is 0 Å². The smallest absolute Gasteiger partial charge is 0.00131 e. The predicted molar refractivity (Wildman–Crippen MR) is 54.1 cm³/mol. The summed E-state index contributed by atoms with van der Waals surface area (Å²) < 4.78 is 0. The summed E-state index contributed by atoms with van der Waals surface area (Å²) in [6.45, 7) is 2.14. The summed E-state index contributed by atoms with van der Waals surface area (Å²) in [6.07, 6.45) is 11.4. The highest BCUT2D eigenvalue weighted by molar-refractivity contribution is 4.67. The monoisotopic (exact) mass is 169 g/mol. The number of hydrogen-bond donors (Lipinski definition) is 1. The maximum atomic E-state index is 5.81. The van der Waals surface area contributed by atoms with E-state index >= 15 is 0 Å². The first-order chi connectivity index (χ1) is 5.79. The third-order valence-corrected chi connectivity index (χ3v) is 2.93. The molecular formula is C11H23N. The molecule has 0 saturated heterocycles. The molecule has 1 saturated carbocycles. The van der Waals surface area contributed by atoms with Crippen LogP contribution in [0.5, 0.6) is 0 Å². The van der Waals surface area contributed by atoms with E-state index in [4.69, 9.17) is 5.73 Å². The fraction of sp³-hybridized carbons (Fsp3) is 1.00. The molecule has 0 unspecified atom stereocenters. The second-order valence-electron chi connectivity index (χ2n) is 4.42. The van der Waals surface area contributed by atoms with Gasteiger partial charge in [-0.1, -0.05) is 44.9 Å². The van der Waals surface area contributed by atoms with E-state index in [1.165, 1.54) is 51.4 Å². The first-order valence-electron chi connectivity index (χ1n) is 5.54. The van der Waals surface area contributed by atoms with Gasteiger partial charge in [0, 0.05) is 6.04 Å². The molecule has 0 amide bonds. The van der Waals surface area contributed by atoms with Crippen molar-refractivity contribution < 1.29 is 0 Å². The van der Waals surface area contributed by atoms with Crippen molar-refractivity contribution in [1.82, 2.24) is 0 Å². The molecule has 0 bridgehead atoms. The summed E-state index contributed by atoms with van der Waals surface area (Å²) >= 11 is 0. The van der Waals surface area contributed by atoms with Gasteiger partial charge in [-0.15, -0.1) is 0 Å². The van der Waals surface area contributed by atoms with Crippen molar-refractivity contribution in [1.29, 1.82) is 0 Å². The van der Waals surface area contributed by atoms with Crippen LogP contribution in [0.1, 0.15) is 58.3 Å². The lowest BCUT2D eigenvalue weighted by Gasteiger charge is -2.20. The second-order valence-corrected chi connectivity index (χ2v) is 4.42. The quantitative estimate of drug-likeness (QED) is 0.675. The molecule has 12 heavy (non-hydrogen) atoms. The lowest BCUT2D eigenvalue weighted by molar-refractivity contribution is 0.342. The van der Waals surface area contributed by atoms with Crippen LogP contribution in [-0.2, 0) is 0 Å². The average molecular weight is 169 g/mol. The summed E-state index contributed by atoms with van der Waals surface area (Å²) in [7, 11) is 0. The Bertz CT molecular complexity index is 102. The van der Waals surface area contributed by atoms with Gasteiger partial charge in [0.05, 0.1) is 0 Å². The normalized spacial score (nSPS) is 24.5. The molecule has 1 aliphatic rings. The molecule has 1 rings (SSSR count). The van der Waals surface area contributed by atoms with Crippen LogP contribution in [0, 0.1) is 5.92 Å². The van der Waals surface area contributed by atoms with Crippen molar-refractivity contribution >= 4 is 0 Å². The van der Waals surface area contributed by atoms with Gasteiger partial charge in [-0.2, -0.15) is 0 Å². The van der Waals surface area contributed by atoms with Crippen molar-refractivity contribution in [3.63, 3.8) is 0 Å². The number of hydrogen-bond acceptors (Lipinski definition) is 1. The molecule has 1 atom stereocenters. The minimum absolute atomic E-state index is 0.412. The first kappa shape index (κ1) is 10.0. The van der Waals surface area contributed by atoms with Gasteiger partial charge in [-0.05, 0) is 19.3 Å². The zero-order valence-electron chi connectivity index (χ0n) is 8.39. The summed E-state index contributed by atoms with van der Waals surface area (Å²) in [5, 5.41) is 0. The van der Waals surface area contributed by atoms with Gasteiger partial charge in [-0.3, -0.25) is 0 Å². The van der Waals surface area contributed by atoms with E-state index in [1.54, 1.807) is 0 Å². The Balaban J connectivity index is 2.20. The maximum Gasteiger partial charge on any atom is 0.00131 e. The summed E-state index contributed by atoms with van der Waals surface area (Å²) in [5.41, 5.74) is 5.81. The molecule has 0 aliphatic heterocycles. The van der Waals surface area contributed by atoms with Crippen molar-refractivity contribution in [2.45, 2.75) is 64.3 Å². The molecule has 0 radical (unpaired) electrons. The van der Waals surface area contributed by atoms with E-state index in [0.29, 0.717) is 6.04 Å². The zero-order chi connectivity index (χ0) is 8.81. The molecular weight excluding hydrogens is 146 g/mol. The molecule has 2 N–H and O–H groups in total. The standard InChI is InChI=1S/C11H23N/c1-10(12)9-11-7-5-3-2-4-6-8-11/h10-11H,2-9,12H2,1H3/t10-/m0/s1. The fourth-order valence-electron chi connectivity index (χ4n) is 2.30. The third kappa shape index (κ3) is 4.10. The summed E-state index contributed by atoms with van der Waals surface area (Å²) in [4.78, 5) is 0. The largest absolute Gasteiger partial charge is 0.328 e. The molecule has 72 valence electrons. The molecule has 1 nitrogen and oxygen atoms in total. The third-order valence-electron chi connectivity index (χ3n) is 2.93. The van der Waals surface area contributed by atoms with Gasteiger partial charge < -0.3 is 5.73 Å². The molecule has 0 aromatic rings. The molecule has 1 fully saturated rings. The van der Waals surface area contributed by atoms with Gasteiger partial charge in [0.1, 0.15) is 0 Å². The highest BCUT2D eigenvalue weighted by Crippen LogP contribution is 2.25. The van der Waals surface area contributed by atoms with Crippen LogP contribution in [-0.4, -0.2) is 6.04 Å². The van der Waals surface area contributed by atoms with E-state index in [1.807, 2.05) is 0 Å². The van der Waals surface area contributed by atoms with Crippen LogP contribution in [0.15, 0.2) is 0 Å². The van der Waals surface area contributed by atoms with E-state index < -0.39 is 0 Å². The molecule has 0 spiro atoms. The lowest BCUT2D eigenvalue weighted by atomic mass is 9.87. The Hall–Kier alpha value is -0.0400. The summed E-state index contributed by atoms with van der Waals surface area (Å²) in [6, 6.07) is 0.412. The minimum Gasteiger partial charge on any atom is -0.328 e. The Labute approximate surface area is 76.7 Å². The van der Waals surface area contributed by atoms with Gasteiger partial charge in [-0.25, -0.2) is 0 Å².